The molecule has 0 saturated carbocycles. The van der Waals surface area contributed by atoms with Gasteiger partial charge in [0, 0.05) is 36.8 Å². The molecule has 0 spiro atoms. The Morgan fingerprint density at radius 3 is 2.58 bits per heavy atom. The topological polar surface area (TPSA) is 79.9 Å². The molecule has 0 aromatic heterocycles. The molecule has 1 aliphatic heterocycles. The number of piperidine rings is 1. The molecule has 36 heavy (non-hydrogen) atoms. The molecule has 1 aliphatic rings. The van der Waals surface area contributed by atoms with Gasteiger partial charge in [0.2, 0.25) is 0 Å². The van der Waals surface area contributed by atoms with Gasteiger partial charge in [0.15, 0.2) is 0 Å². The zero-order chi connectivity index (χ0) is 25.3. The van der Waals surface area contributed by atoms with E-state index in [1.54, 1.807) is 7.11 Å². The second-order valence-corrected chi connectivity index (χ2v) is 8.83. The quantitative estimate of drug-likeness (QED) is 0.444. The predicted octanol–water partition coefficient (Wildman–Crippen LogP) is 5.44. The van der Waals surface area contributed by atoms with Crippen molar-refractivity contribution in [1.82, 2.24) is 10.2 Å². The molecule has 188 valence electrons. The first-order valence-corrected chi connectivity index (χ1v) is 12.4. The van der Waals surface area contributed by atoms with Gasteiger partial charge in [-0.05, 0) is 79.4 Å². The fourth-order valence-corrected chi connectivity index (χ4v) is 4.44. The number of nitrogens with zero attached hydrogens (tertiary/aromatic N) is 1. The SMILES string of the molecule is CCOc1ccc(NC(=O)N2CCCC(c3cccc(C(=O)NCc4cccc(OC)c4)c3)C2)cc1. The van der Waals surface area contributed by atoms with Crippen molar-refractivity contribution < 1.29 is 19.1 Å². The molecule has 7 nitrogen and oxygen atoms in total. The van der Waals surface area contributed by atoms with E-state index < -0.39 is 0 Å². The summed E-state index contributed by atoms with van der Waals surface area (Å²) in [5.41, 5.74) is 3.40. The van der Waals surface area contributed by atoms with Gasteiger partial charge in [-0.1, -0.05) is 24.3 Å². The Bertz CT molecular complexity index is 1180. The molecular formula is C29H33N3O4. The Morgan fingerprint density at radius 2 is 1.81 bits per heavy atom. The lowest BCUT2D eigenvalue weighted by Gasteiger charge is -2.33. The minimum absolute atomic E-state index is 0.115. The van der Waals surface area contributed by atoms with Crippen molar-refractivity contribution >= 4 is 17.6 Å². The average molecular weight is 488 g/mol. The van der Waals surface area contributed by atoms with Crippen LogP contribution in [-0.4, -0.2) is 43.6 Å². The highest BCUT2D eigenvalue weighted by Gasteiger charge is 2.25. The number of hydrogen-bond donors (Lipinski definition) is 2. The van der Waals surface area contributed by atoms with E-state index in [-0.39, 0.29) is 17.9 Å². The standard InChI is InChI=1S/C29H33N3O4/c1-3-36-26-14-12-25(13-15-26)31-29(34)32-16-6-10-24(20-32)22-8-5-9-23(18-22)28(33)30-19-21-7-4-11-27(17-21)35-2/h4-5,7-9,11-15,17-18,24H,3,6,10,16,19-20H2,1-2H3,(H,30,33)(H,31,34). The smallest absolute Gasteiger partial charge is 0.321 e. The number of likely N-dealkylation sites (tertiary alicyclic amines) is 1. The number of carbonyl (C=O) groups is 2. The Kier molecular flexibility index (Phi) is 8.44. The van der Waals surface area contributed by atoms with Gasteiger partial charge in [-0.15, -0.1) is 0 Å². The Labute approximate surface area is 212 Å². The van der Waals surface area contributed by atoms with E-state index in [9.17, 15) is 9.59 Å². The zero-order valence-corrected chi connectivity index (χ0v) is 20.8. The van der Waals surface area contributed by atoms with Crippen molar-refractivity contribution in [1.29, 1.82) is 0 Å². The van der Waals surface area contributed by atoms with Crippen LogP contribution in [0.2, 0.25) is 0 Å². The average Bonchev–Trinajstić information content (AvgIpc) is 2.93. The van der Waals surface area contributed by atoms with E-state index in [1.807, 2.05) is 84.6 Å². The number of carbonyl (C=O) groups excluding carboxylic acids is 2. The Morgan fingerprint density at radius 1 is 1.00 bits per heavy atom. The highest BCUT2D eigenvalue weighted by Crippen LogP contribution is 2.28. The number of nitrogens with one attached hydrogen (secondary N) is 2. The molecule has 3 aromatic rings. The molecule has 7 heteroatoms. The van der Waals surface area contributed by atoms with E-state index in [2.05, 4.69) is 10.6 Å². The van der Waals surface area contributed by atoms with Crippen molar-refractivity contribution in [3.8, 4) is 11.5 Å². The highest BCUT2D eigenvalue weighted by molar-refractivity contribution is 5.94. The molecule has 0 aliphatic carbocycles. The molecule has 3 aromatic carbocycles. The monoisotopic (exact) mass is 487 g/mol. The third-order valence-electron chi connectivity index (χ3n) is 6.33. The normalized spacial score (nSPS) is 15.2. The minimum Gasteiger partial charge on any atom is -0.497 e. The van der Waals surface area contributed by atoms with E-state index >= 15 is 0 Å². The molecule has 1 saturated heterocycles. The Balaban J connectivity index is 1.35. The number of amides is 3. The molecule has 1 atom stereocenters. The van der Waals surface area contributed by atoms with Crippen molar-refractivity contribution in [3.63, 3.8) is 0 Å². The molecule has 4 rings (SSSR count). The van der Waals surface area contributed by atoms with Crippen LogP contribution < -0.4 is 20.1 Å². The van der Waals surface area contributed by atoms with E-state index in [4.69, 9.17) is 9.47 Å². The molecule has 3 amide bonds. The van der Waals surface area contributed by atoms with Crippen molar-refractivity contribution in [2.24, 2.45) is 0 Å². The molecule has 1 fully saturated rings. The molecule has 0 bridgehead atoms. The number of methoxy groups -OCH3 is 1. The Hall–Kier alpha value is -4.00. The maximum absolute atomic E-state index is 12.9. The first-order valence-electron chi connectivity index (χ1n) is 12.4. The molecule has 2 N–H and O–H groups in total. The highest BCUT2D eigenvalue weighted by atomic mass is 16.5. The number of benzene rings is 3. The van der Waals surface area contributed by atoms with Gasteiger partial charge in [0.25, 0.3) is 5.91 Å². The lowest BCUT2D eigenvalue weighted by molar-refractivity contribution is 0.0950. The number of rotatable bonds is 8. The van der Waals surface area contributed by atoms with Crippen LogP contribution in [0.15, 0.2) is 72.8 Å². The van der Waals surface area contributed by atoms with Crippen LogP contribution in [-0.2, 0) is 6.54 Å². The molecule has 1 unspecified atom stereocenters. The summed E-state index contributed by atoms with van der Waals surface area (Å²) in [6.45, 7) is 4.28. The van der Waals surface area contributed by atoms with Crippen molar-refractivity contribution in [2.75, 3.05) is 32.1 Å². The molecule has 0 radical (unpaired) electrons. The summed E-state index contributed by atoms with van der Waals surface area (Å²) >= 11 is 0. The lowest BCUT2D eigenvalue weighted by Crippen LogP contribution is -2.41. The van der Waals surface area contributed by atoms with Crippen molar-refractivity contribution in [3.05, 3.63) is 89.5 Å². The zero-order valence-electron chi connectivity index (χ0n) is 20.8. The summed E-state index contributed by atoms with van der Waals surface area (Å²) in [6, 6.07) is 22.6. The van der Waals surface area contributed by atoms with E-state index in [0.717, 1.165) is 41.2 Å². The van der Waals surface area contributed by atoms with Crippen molar-refractivity contribution in [2.45, 2.75) is 32.2 Å². The van der Waals surface area contributed by atoms with E-state index in [0.29, 0.717) is 31.8 Å². The van der Waals surface area contributed by atoms with Crippen LogP contribution in [0.5, 0.6) is 11.5 Å². The van der Waals surface area contributed by atoms with Gasteiger partial charge in [-0.2, -0.15) is 0 Å². The molecule has 1 heterocycles. The summed E-state index contributed by atoms with van der Waals surface area (Å²) < 4.78 is 10.7. The van der Waals surface area contributed by atoms with Gasteiger partial charge >= 0.3 is 6.03 Å². The van der Waals surface area contributed by atoms with Gasteiger partial charge < -0.3 is 25.0 Å². The first kappa shape index (κ1) is 25.1. The van der Waals surface area contributed by atoms with Crippen LogP contribution >= 0.6 is 0 Å². The van der Waals surface area contributed by atoms with Crippen LogP contribution in [0, 0.1) is 0 Å². The number of urea groups is 1. The molecular weight excluding hydrogens is 454 g/mol. The van der Waals surface area contributed by atoms with Gasteiger partial charge in [-0.25, -0.2) is 4.79 Å². The van der Waals surface area contributed by atoms with E-state index in [1.165, 1.54) is 0 Å². The summed E-state index contributed by atoms with van der Waals surface area (Å²) in [5, 5.41) is 5.97. The van der Waals surface area contributed by atoms with Crippen LogP contribution in [0.3, 0.4) is 0 Å². The first-order chi connectivity index (χ1) is 17.6. The maximum Gasteiger partial charge on any atom is 0.321 e. The third-order valence-corrected chi connectivity index (χ3v) is 6.33. The van der Waals surface area contributed by atoms with Crippen LogP contribution in [0.1, 0.15) is 47.2 Å². The summed E-state index contributed by atoms with van der Waals surface area (Å²) in [4.78, 5) is 27.6. The van der Waals surface area contributed by atoms with Gasteiger partial charge in [-0.3, -0.25) is 4.79 Å². The third kappa shape index (κ3) is 6.56. The minimum atomic E-state index is -0.124. The fourth-order valence-electron chi connectivity index (χ4n) is 4.44. The fraction of sp³-hybridized carbons (Fsp3) is 0.310. The maximum atomic E-state index is 12.9. The van der Waals surface area contributed by atoms with Gasteiger partial charge in [0.05, 0.1) is 13.7 Å². The van der Waals surface area contributed by atoms with Crippen LogP contribution in [0.25, 0.3) is 0 Å². The summed E-state index contributed by atoms with van der Waals surface area (Å²) in [7, 11) is 1.62. The number of anilines is 1. The van der Waals surface area contributed by atoms with Crippen LogP contribution in [0.4, 0.5) is 10.5 Å². The van der Waals surface area contributed by atoms with Gasteiger partial charge in [0.1, 0.15) is 11.5 Å². The summed E-state index contributed by atoms with van der Waals surface area (Å²) in [5.74, 6) is 1.59. The lowest BCUT2D eigenvalue weighted by atomic mass is 9.89. The number of ether oxygens (including phenoxy) is 2. The number of hydrogen-bond acceptors (Lipinski definition) is 4. The second kappa shape index (κ2) is 12.1. The predicted molar refractivity (Wildman–Crippen MR) is 141 cm³/mol. The second-order valence-electron chi connectivity index (χ2n) is 8.83. The largest absolute Gasteiger partial charge is 0.497 e. The summed E-state index contributed by atoms with van der Waals surface area (Å²) in [6.07, 6.45) is 1.88.